The van der Waals surface area contributed by atoms with Gasteiger partial charge in [-0.05, 0) is 7.05 Å². The molecule has 0 aliphatic rings. The summed E-state index contributed by atoms with van der Waals surface area (Å²) >= 11 is 0. The van der Waals surface area contributed by atoms with E-state index in [0.717, 1.165) is 7.05 Å². The molecule has 10 heteroatoms. The maximum Gasteiger partial charge on any atom is 1.00 e. The monoisotopic (exact) mass is 253 g/mol. The van der Waals surface area contributed by atoms with Gasteiger partial charge in [0.05, 0.1) is 22.0 Å². The summed E-state index contributed by atoms with van der Waals surface area (Å²) in [6.07, 6.45) is -4.76. The van der Waals surface area contributed by atoms with Crippen LogP contribution in [0, 0.1) is 0 Å². The molecule has 0 aliphatic carbocycles. The zero-order valence-electron chi connectivity index (χ0n) is 8.36. The van der Waals surface area contributed by atoms with Crippen molar-refractivity contribution in [3.8, 4) is 0 Å². The Hall–Kier alpha value is 0.710. The van der Waals surface area contributed by atoms with Crippen LogP contribution in [0.5, 0.6) is 0 Å². The minimum Gasteiger partial charge on any atom is -0.748 e. The van der Waals surface area contributed by atoms with Crippen molar-refractivity contribution >= 4 is 10.1 Å². The Morgan fingerprint density at radius 3 is 2.07 bits per heavy atom. The van der Waals surface area contributed by atoms with Gasteiger partial charge >= 0.3 is 35.7 Å². The number of rotatable bonds is 5. The molecule has 4 N–H and O–H groups in total. The van der Waals surface area contributed by atoms with E-state index >= 15 is 0 Å². The Morgan fingerprint density at radius 1 is 1.40 bits per heavy atom. The molecule has 0 fully saturated rings. The molecule has 0 rings (SSSR count). The minimum atomic E-state index is -4.59. The third-order valence-corrected chi connectivity index (χ3v) is 2.19. The predicted octanol–water partition coefficient (Wildman–Crippen LogP) is -6.58. The molecule has 0 spiro atoms. The van der Waals surface area contributed by atoms with Crippen molar-refractivity contribution in [1.29, 1.82) is 0 Å². The average Bonchev–Trinajstić information content (AvgIpc) is 1.79. The molecule has 8 nitrogen and oxygen atoms in total. The van der Waals surface area contributed by atoms with Crippen LogP contribution in [0.1, 0.15) is 0 Å². The van der Waals surface area contributed by atoms with Gasteiger partial charge in [-0.15, -0.1) is 0 Å². The van der Waals surface area contributed by atoms with Crippen LogP contribution >= 0.6 is 0 Å². The van der Waals surface area contributed by atoms with Crippen LogP contribution in [0.25, 0.3) is 0 Å². The molecule has 0 saturated carbocycles. The standard InChI is InChI=1S/C5H13NO7S.Na/c1-6(5(8,9)10)2-4(7)3-14(11,12)13;/h4,7-10H,2-3H2,1H3,(H,11,12,13);/q;+1/p-1. The van der Waals surface area contributed by atoms with E-state index in [9.17, 15) is 13.0 Å². The van der Waals surface area contributed by atoms with E-state index in [1.54, 1.807) is 0 Å². The first-order valence-corrected chi connectivity index (χ1v) is 5.10. The molecular formula is C5H12NNaO7S. The van der Waals surface area contributed by atoms with Gasteiger partial charge in [0.15, 0.2) is 0 Å². The van der Waals surface area contributed by atoms with Crippen molar-refractivity contribution in [2.75, 3.05) is 19.3 Å². The molecule has 0 radical (unpaired) electrons. The molecule has 0 aromatic carbocycles. The maximum absolute atomic E-state index is 10.2. The van der Waals surface area contributed by atoms with E-state index in [2.05, 4.69) is 0 Å². The van der Waals surface area contributed by atoms with Crippen LogP contribution in [-0.2, 0) is 10.1 Å². The number of aliphatic hydroxyl groups is 4. The third kappa shape index (κ3) is 9.63. The van der Waals surface area contributed by atoms with Crippen LogP contribution in [0.15, 0.2) is 0 Å². The van der Waals surface area contributed by atoms with Crippen molar-refractivity contribution in [2.24, 2.45) is 0 Å². The molecule has 0 bridgehead atoms. The van der Waals surface area contributed by atoms with Crippen molar-refractivity contribution in [3.05, 3.63) is 0 Å². The number of nitrogens with zero attached hydrogens (tertiary/aromatic N) is 1. The largest absolute Gasteiger partial charge is 1.00 e. The normalized spacial score (nSPS) is 14.9. The summed E-state index contributed by atoms with van der Waals surface area (Å²) in [5, 5.41) is 34.6. The van der Waals surface area contributed by atoms with Crippen LogP contribution < -0.4 is 29.6 Å². The molecule has 0 saturated heterocycles. The second kappa shape index (κ2) is 6.45. The van der Waals surface area contributed by atoms with E-state index < -0.39 is 34.6 Å². The summed E-state index contributed by atoms with van der Waals surface area (Å²) < 4.78 is 30.5. The van der Waals surface area contributed by atoms with Gasteiger partial charge in [-0.25, -0.2) is 13.3 Å². The van der Waals surface area contributed by atoms with Crippen molar-refractivity contribution in [2.45, 2.75) is 12.2 Å². The Labute approximate surface area is 109 Å². The van der Waals surface area contributed by atoms with Crippen LogP contribution in [0.2, 0.25) is 0 Å². The first-order valence-electron chi connectivity index (χ1n) is 3.52. The maximum atomic E-state index is 10.2. The van der Waals surface area contributed by atoms with Gasteiger partial charge in [-0.2, -0.15) is 0 Å². The zero-order valence-corrected chi connectivity index (χ0v) is 11.2. The average molecular weight is 253 g/mol. The van der Waals surface area contributed by atoms with Gasteiger partial charge in [-0.3, -0.25) is 0 Å². The van der Waals surface area contributed by atoms with Gasteiger partial charge < -0.3 is 25.0 Å². The molecule has 1 unspecified atom stereocenters. The molecule has 0 amide bonds. The van der Waals surface area contributed by atoms with Crippen molar-refractivity contribution in [3.63, 3.8) is 0 Å². The zero-order chi connectivity index (χ0) is 11.6. The SMILES string of the molecule is CN(CC(O)CS(=O)(=O)[O-])C(O)(O)O.[Na+]. The van der Waals surface area contributed by atoms with Gasteiger partial charge in [0.25, 0.3) is 0 Å². The first-order chi connectivity index (χ1) is 6.02. The summed E-state index contributed by atoms with van der Waals surface area (Å²) in [5.74, 6) is -1.06. The Morgan fingerprint density at radius 2 is 1.80 bits per heavy atom. The van der Waals surface area contributed by atoms with Gasteiger partial charge in [-0.1, -0.05) is 0 Å². The molecular weight excluding hydrogens is 241 g/mol. The molecule has 0 aliphatic heterocycles. The van der Waals surface area contributed by atoms with Gasteiger partial charge in [0, 0.05) is 6.54 Å². The number of aliphatic hydroxyl groups excluding tert-OH is 1. The minimum absolute atomic E-state index is 0. The molecule has 0 aromatic heterocycles. The van der Waals surface area contributed by atoms with Crippen LogP contribution in [0.3, 0.4) is 0 Å². The summed E-state index contributed by atoms with van der Waals surface area (Å²) in [6, 6.07) is 0. The molecule has 86 valence electrons. The Kier molecular flexibility index (Phi) is 7.77. The Balaban J connectivity index is 0. The van der Waals surface area contributed by atoms with E-state index in [1.165, 1.54) is 0 Å². The van der Waals surface area contributed by atoms with E-state index in [4.69, 9.17) is 20.4 Å². The predicted molar refractivity (Wildman–Crippen MR) is 42.6 cm³/mol. The smallest absolute Gasteiger partial charge is 0.748 e. The number of likely N-dealkylation sites (N-methyl/N-ethyl adjacent to an activating group) is 1. The fourth-order valence-electron chi connectivity index (χ4n) is 0.727. The van der Waals surface area contributed by atoms with Crippen LogP contribution in [0.4, 0.5) is 0 Å². The second-order valence-electron chi connectivity index (χ2n) is 2.86. The van der Waals surface area contributed by atoms with Crippen molar-refractivity contribution in [1.82, 2.24) is 4.90 Å². The first kappa shape index (κ1) is 18.1. The Bertz CT molecular complexity index is 274. The summed E-state index contributed by atoms with van der Waals surface area (Å²) in [4.78, 5) is 0.461. The quantitative estimate of drug-likeness (QED) is 0.215. The molecule has 1 atom stereocenters. The molecule has 15 heavy (non-hydrogen) atoms. The third-order valence-electron chi connectivity index (χ3n) is 1.39. The fraction of sp³-hybridized carbons (Fsp3) is 1.00. The summed E-state index contributed by atoms with van der Waals surface area (Å²) in [7, 11) is -3.57. The number of hydrogen-bond donors (Lipinski definition) is 4. The van der Waals surface area contributed by atoms with E-state index in [1.807, 2.05) is 0 Å². The second-order valence-corrected chi connectivity index (χ2v) is 4.31. The summed E-state index contributed by atoms with van der Waals surface area (Å²) in [6.45, 7) is -0.578. The topological polar surface area (TPSA) is 141 Å². The summed E-state index contributed by atoms with van der Waals surface area (Å²) in [5.41, 5.74) is 0. The van der Waals surface area contributed by atoms with Gasteiger partial charge in [0.2, 0.25) is 0 Å². The number of hydrogen-bond acceptors (Lipinski definition) is 8. The fourth-order valence-corrected chi connectivity index (χ4v) is 1.30. The van der Waals surface area contributed by atoms with E-state index in [-0.39, 0.29) is 29.6 Å². The van der Waals surface area contributed by atoms with Crippen LogP contribution in [-0.4, -0.2) is 69.8 Å². The van der Waals surface area contributed by atoms with E-state index in [0.29, 0.717) is 4.90 Å². The molecule has 0 heterocycles. The molecule has 0 aromatic rings. The van der Waals surface area contributed by atoms with Gasteiger partial charge in [0.1, 0.15) is 0 Å². The van der Waals surface area contributed by atoms with Crippen molar-refractivity contribution < 1.29 is 63.0 Å².